The number of carbonyl (C=O) groups excluding carboxylic acids is 1. The lowest BCUT2D eigenvalue weighted by Crippen LogP contribution is -2.26. The maximum atomic E-state index is 13.0. The van der Waals surface area contributed by atoms with Crippen molar-refractivity contribution in [2.24, 2.45) is 0 Å². The van der Waals surface area contributed by atoms with E-state index in [2.05, 4.69) is 15.3 Å². The van der Waals surface area contributed by atoms with Crippen molar-refractivity contribution in [3.63, 3.8) is 0 Å². The van der Waals surface area contributed by atoms with Gasteiger partial charge < -0.3 is 14.6 Å². The molecule has 1 N–H and O–H groups in total. The molecule has 6 nitrogen and oxygen atoms in total. The number of benzene rings is 2. The second-order valence-electron chi connectivity index (χ2n) is 6.89. The number of ether oxygens (including phenoxy) is 1. The molecule has 152 valence electrons. The third kappa shape index (κ3) is 4.46. The third-order valence-corrected chi connectivity index (χ3v) is 4.80. The Labute approximate surface area is 173 Å². The summed E-state index contributed by atoms with van der Waals surface area (Å²) in [4.78, 5) is 21.5. The van der Waals surface area contributed by atoms with Crippen molar-refractivity contribution in [1.29, 1.82) is 0 Å². The Morgan fingerprint density at radius 1 is 1.07 bits per heavy atom. The quantitative estimate of drug-likeness (QED) is 0.512. The predicted molar refractivity (Wildman–Crippen MR) is 112 cm³/mol. The molecule has 0 fully saturated rings. The zero-order chi connectivity index (χ0) is 20.9. The fraction of sp³-hybridized carbons (Fsp3) is 0.174. The van der Waals surface area contributed by atoms with Gasteiger partial charge in [-0.05, 0) is 47.5 Å². The van der Waals surface area contributed by atoms with E-state index in [1.807, 2.05) is 41.0 Å². The third-order valence-electron chi connectivity index (χ3n) is 4.80. The second-order valence-corrected chi connectivity index (χ2v) is 6.89. The standard InChI is InChI=1S/C23H21FN4O2/c1-30-19-10-6-17(7-11-19)15-28-21(27-20-3-2-12-25-23(20)28)14-26-22(29)13-16-4-8-18(24)9-5-16/h2-12H,13-15H2,1H3,(H,26,29). The molecule has 1 amide bonds. The van der Waals surface area contributed by atoms with E-state index in [1.165, 1.54) is 12.1 Å². The lowest BCUT2D eigenvalue weighted by atomic mass is 10.1. The van der Waals surface area contributed by atoms with E-state index in [-0.39, 0.29) is 24.7 Å². The van der Waals surface area contributed by atoms with Crippen LogP contribution in [0.5, 0.6) is 5.75 Å². The highest BCUT2D eigenvalue weighted by atomic mass is 19.1. The Morgan fingerprint density at radius 3 is 2.53 bits per heavy atom. The average molecular weight is 404 g/mol. The molecule has 0 aliphatic carbocycles. The van der Waals surface area contributed by atoms with E-state index in [9.17, 15) is 9.18 Å². The number of nitrogens with zero attached hydrogens (tertiary/aromatic N) is 3. The summed E-state index contributed by atoms with van der Waals surface area (Å²) in [6.45, 7) is 0.840. The number of hydrogen-bond acceptors (Lipinski definition) is 4. The van der Waals surface area contributed by atoms with Crippen molar-refractivity contribution in [2.45, 2.75) is 19.5 Å². The van der Waals surface area contributed by atoms with Gasteiger partial charge in [-0.15, -0.1) is 0 Å². The molecule has 7 heteroatoms. The number of nitrogens with one attached hydrogen (secondary N) is 1. The molecular formula is C23H21FN4O2. The highest BCUT2D eigenvalue weighted by Crippen LogP contribution is 2.18. The maximum absolute atomic E-state index is 13.0. The molecule has 4 aromatic rings. The first-order valence-corrected chi connectivity index (χ1v) is 9.56. The number of carbonyl (C=O) groups is 1. The number of amides is 1. The monoisotopic (exact) mass is 404 g/mol. The van der Waals surface area contributed by atoms with Crippen LogP contribution >= 0.6 is 0 Å². The number of rotatable bonds is 7. The van der Waals surface area contributed by atoms with Crippen LogP contribution in [0.15, 0.2) is 66.9 Å². The molecule has 2 aromatic heterocycles. The molecule has 0 aliphatic rings. The summed E-state index contributed by atoms with van der Waals surface area (Å²) in [6.07, 6.45) is 1.91. The summed E-state index contributed by atoms with van der Waals surface area (Å²) in [7, 11) is 1.63. The van der Waals surface area contributed by atoms with Crippen LogP contribution in [0.25, 0.3) is 11.2 Å². The minimum atomic E-state index is -0.320. The molecular weight excluding hydrogens is 383 g/mol. The Hall–Kier alpha value is -3.74. The van der Waals surface area contributed by atoms with Gasteiger partial charge in [0.2, 0.25) is 5.91 Å². The van der Waals surface area contributed by atoms with Gasteiger partial charge in [-0.25, -0.2) is 14.4 Å². The number of hydrogen-bond donors (Lipinski definition) is 1. The number of methoxy groups -OCH3 is 1. The van der Waals surface area contributed by atoms with Gasteiger partial charge in [-0.3, -0.25) is 4.79 Å². The molecule has 0 bridgehead atoms. The predicted octanol–water partition coefficient (Wildman–Crippen LogP) is 3.49. The smallest absolute Gasteiger partial charge is 0.224 e. The van der Waals surface area contributed by atoms with Crippen LogP contribution in [-0.2, 0) is 24.3 Å². The first-order valence-electron chi connectivity index (χ1n) is 9.56. The van der Waals surface area contributed by atoms with Crippen LogP contribution in [0.3, 0.4) is 0 Å². The maximum Gasteiger partial charge on any atom is 0.224 e. The first kappa shape index (κ1) is 19.6. The van der Waals surface area contributed by atoms with Crippen LogP contribution in [0.1, 0.15) is 17.0 Å². The Morgan fingerprint density at radius 2 is 1.80 bits per heavy atom. The van der Waals surface area contributed by atoms with Gasteiger partial charge in [0, 0.05) is 6.20 Å². The van der Waals surface area contributed by atoms with Gasteiger partial charge in [0.15, 0.2) is 5.65 Å². The summed E-state index contributed by atoms with van der Waals surface area (Å²) < 4.78 is 20.3. The first-order chi connectivity index (χ1) is 14.6. The normalized spacial score (nSPS) is 10.9. The molecule has 4 rings (SSSR count). The van der Waals surface area contributed by atoms with Crippen LogP contribution in [0.2, 0.25) is 0 Å². The summed E-state index contributed by atoms with van der Waals surface area (Å²) in [5, 5.41) is 2.90. The molecule has 2 heterocycles. The van der Waals surface area contributed by atoms with Crippen molar-refractivity contribution in [2.75, 3.05) is 7.11 Å². The molecule has 0 atom stereocenters. The van der Waals surface area contributed by atoms with Gasteiger partial charge in [-0.1, -0.05) is 24.3 Å². The molecule has 0 saturated heterocycles. The van der Waals surface area contributed by atoms with E-state index in [0.29, 0.717) is 12.4 Å². The number of halogens is 1. The van der Waals surface area contributed by atoms with Crippen LogP contribution in [0.4, 0.5) is 4.39 Å². The van der Waals surface area contributed by atoms with E-state index in [1.54, 1.807) is 25.4 Å². The minimum absolute atomic E-state index is 0.155. The topological polar surface area (TPSA) is 69.0 Å². The van der Waals surface area contributed by atoms with Gasteiger partial charge in [-0.2, -0.15) is 0 Å². The Bertz CT molecular complexity index is 1150. The van der Waals surface area contributed by atoms with Gasteiger partial charge >= 0.3 is 0 Å². The summed E-state index contributed by atoms with van der Waals surface area (Å²) >= 11 is 0. The highest BCUT2D eigenvalue weighted by Gasteiger charge is 2.13. The SMILES string of the molecule is COc1ccc(Cn2c(CNC(=O)Cc3ccc(F)cc3)nc3cccnc32)cc1. The molecule has 30 heavy (non-hydrogen) atoms. The Kier molecular flexibility index (Phi) is 5.70. The van der Waals surface area contributed by atoms with Crippen LogP contribution in [0, 0.1) is 5.82 Å². The fourth-order valence-electron chi connectivity index (χ4n) is 3.25. The molecule has 0 saturated carbocycles. The summed E-state index contributed by atoms with van der Waals surface area (Å²) in [6, 6.07) is 17.5. The highest BCUT2D eigenvalue weighted by molar-refractivity contribution is 5.78. The number of pyridine rings is 1. The number of fused-ring (bicyclic) bond motifs is 1. The van der Waals surface area contributed by atoms with E-state index < -0.39 is 0 Å². The second kappa shape index (κ2) is 8.73. The average Bonchev–Trinajstić information content (AvgIpc) is 3.12. The number of imidazole rings is 1. The van der Waals surface area contributed by atoms with Crippen LogP contribution < -0.4 is 10.1 Å². The van der Waals surface area contributed by atoms with Crippen molar-refractivity contribution in [3.05, 3.63) is 89.6 Å². The largest absolute Gasteiger partial charge is 0.497 e. The van der Waals surface area contributed by atoms with E-state index in [4.69, 9.17) is 4.74 Å². The fourth-order valence-corrected chi connectivity index (χ4v) is 3.25. The van der Waals surface area contributed by atoms with Gasteiger partial charge in [0.1, 0.15) is 22.9 Å². The molecule has 0 unspecified atom stereocenters. The summed E-state index contributed by atoms with van der Waals surface area (Å²) in [5.74, 6) is 1.03. The zero-order valence-electron chi connectivity index (χ0n) is 16.5. The van der Waals surface area contributed by atoms with Gasteiger partial charge in [0.25, 0.3) is 0 Å². The molecule has 2 aromatic carbocycles. The lowest BCUT2D eigenvalue weighted by Gasteiger charge is -2.10. The lowest BCUT2D eigenvalue weighted by molar-refractivity contribution is -0.120. The summed E-state index contributed by atoms with van der Waals surface area (Å²) in [5.41, 5.74) is 3.35. The van der Waals surface area contributed by atoms with Crippen molar-refractivity contribution < 1.29 is 13.9 Å². The Balaban J connectivity index is 1.51. The van der Waals surface area contributed by atoms with E-state index in [0.717, 1.165) is 28.0 Å². The zero-order valence-corrected chi connectivity index (χ0v) is 16.5. The van der Waals surface area contributed by atoms with Gasteiger partial charge in [0.05, 0.1) is 26.6 Å². The molecule has 0 radical (unpaired) electrons. The van der Waals surface area contributed by atoms with Crippen molar-refractivity contribution in [1.82, 2.24) is 19.9 Å². The molecule has 0 spiro atoms. The number of aromatic nitrogens is 3. The van der Waals surface area contributed by atoms with Crippen LogP contribution in [-0.4, -0.2) is 27.6 Å². The molecule has 0 aliphatic heterocycles. The van der Waals surface area contributed by atoms with Crippen molar-refractivity contribution in [3.8, 4) is 5.75 Å². The van der Waals surface area contributed by atoms with E-state index >= 15 is 0 Å². The minimum Gasteiger partial charge on any atom is -0.497 e. The van der Waals surface area contributed by atoms with Crippen molar-refractivity contribution >= 4 is 17.1 Å².